The molecule has 1 unspecified atom stereocenters. The third-order valence-electron chi connectivity index (χ3n) is 3.38. The van der Waals surface area contributed by atoms with Gasteiger partial charge in [0.1, 0.15) is 5.76 Å². The van der Waals surface area contributed by atoms with Crippen LogP contribution in [-0.4, -0.2) is 24.0 Å². The maximum absolute atomic E-state index is 5.93. The summed E-state index contributed by atoms with van der Waals surface area (Å²) in [5.74, 6) is 1.83. The molecule has 2 rings (SSSR count). The van der Waals surface area contributed by atoms with Gasteiger partial charge in [0, 0.05) is 19.1 Å². The van der Waals surface area contributed by atoms with E-state index in [0.29, 0.717) is 12.6 Å². The van der Waals surface area contributed by atoms with Crippen LogP contribution in [0.15, 0.2) is 21.2 Å². The summed E-state index contributed by atoms with van der Waals surface area (Å²) in [5, 5.41) is 0. The zero-order chi connectivity index (χ0) is 12.4. The van der Waals surface area contributed by atoms with Crippen LogP contribution in [0.4, 0.5) is 0 Å². The maximum Gasteiger partial charge on any atom is 0.169 e. The highest BCUT2D eigenvalue weighted by Crippen LogP contribution is 2.34. The van der Waals surface area contributed by atoms with Crippen LogP contribution in [-0.2, 0) is 0 Å². The van der Waals surface area contributed by atoms with E-state index in [1.165, 1.54) is 12.8 Å². The summed E-state index contributed by atoms with van der Waals surface area (Å²) >= 11 is 3.35. The molecular weight excluding hydrogens is 280 g/mol. The molecule has 17 heavy (non-hydrogen) atoms. The van der Waals surface area contributed by atoms with Crippen LogP contribution >= 0.6 is 15.9 Å². The molecule has 3 nitrogen and oxygen atoms in total. The minimum atomic E-state index is 0.196. The molecule has 1 saturated carbocycles. The summed E-state index contributed by atoms with van der Waals surface area (Å²) in [6.07, 6.45) is 2.73. The van der Waals surface area contributed by atoms with Crippen LogP contribution in [0, 0.1) is 5.92 Å². The van der Waals surface area contributed by atoms with Gasteiger partial charge >= 0.3 is 0 Å². The molecule has 2 N–H and O–H groups in total. The standard InChI is InChI=1S/C13H21BrN2O/c1-9(2)16(8-10-3-4-10)11(7-15)12-5-6-13(14)17-12/h5-6,9-11H,3-4,7-8,15H2,1-2H3. The molecule has 1 heterocycles. The second-order valence-electron chi connectivity index (χ2n) is 5.13. The SMILES string of the molecule is CC(C)N(CC1CC1)C(CN)c1ccc(Br)o1. The Bertz CT molecular complexity index is 360. The van der Waals surface area contributed by atoms with Gasteiger partial charge in [-0.1, -0.05) is 0 Å². The Hall–Kier alpha value is -0.320. The number of hydrogen-bond donors (Lipinski definition) is 1. The van der Waals surface area contributed by atoms with E-state index in [9.17, 15) is 0 Å². The molecule has 1 aliphatic rings. The third kappa shape index (κ3) is 3.33. The van der Waals surface area contributed by atoms with Crippen molar-refractivity contribution in [3.8, 4) is 0 Å². The average Bonchev–Trinajstić information content (AvgIpc) is 3.00. The van der Waals surface area contributed by atoms with Crippen molar-refractivity contribution in [2.75, 3.05) is 13.1 Å². The summed E-state index contributed by atoms with van der Waals surface area (Å²) in [6, 6.07) is 4.65. The summed E-state index contributed by atoms with van der Waals surface area (Å²) in [4.78, 5) is 2.46. The van der Waals surface area contributed by atoms with Gasteiger partial charge in [0.05, 0.1) is 6.04 Å². The number of nitrogens with zero attached hydrogens (tertiary/aromatic N) is 1. The van der Waals surface area contributed by atoms with Crippen molar-refractivity contribution in [2.24, 2.45) is 11.7 Å². The van der Waals surface area contributed by atoms with Gasteiger partial charge in [-0.3, -0.25) is 4.90 Å². The second-order valence-corrected chi connectivity index (χ2v) is 5.91. The Kier molecular flexibility index (Phi) is 4.28. The molecule has 0 radical (unpaired) electrons. The fourth-order valence-corrected chi connectivity index (χ4v) is 2.54. The number of nitrogens with two attached hydrogens (primary N) is 1. The molecule has 1 fully saturated rings. The summed E-state index contributed by atoms with van der Waals surface area (Å²) in [6.45, 7) is 6.19. The lowest BCUT2D eigenvalue weighted by atomic mass is 10.1. The highest BCUT2D eigenvalue weighted by molar-refractivity contribution is 9.10. The molecule has 0 saturated heterocycles. The molecule has 0 aromatic carbocycles. The van der Waals surface area contributed by atoms with E-state index in [1.54, 1.807) is 0 Å². The number of rotatable bonds is 6. The van der Waals surface area contributed by atoms with Crippen LogP contribution in [0.1, 0.15) is 38.5 Å². The Labute approximate surface area is 111 Å². The van der Waals surface area contributed by atoms with Gasteiger partial charge in [0.25, 0.3) is 0 Å². The quantitative estimate of drug-likeness (QED) is 0.877. The molecule has 1 aromatic rings. The zero-order valence-corrected chi connectivity index (χ0v) is 12.1. The van der Waals surface area contributed by atoms with E-state index in [2.05, 4.69) is 34.7 Å². The normalized spacial score (nSPS) is 18.0. The van der Waals surface area contributed by atoms with Gasteiger partial charge in [-0.25, -0.2) is 0 Å². The summed E-state index contributed by atoms with van der Waals surface area (Å²) in [5.41, 5.74) is 5.93. The van der Waals surface area contributed by atoms with Crippen LogP contribution in [0.25, 0.3) is 0 Å². The molecule has 1 aromatic heterocycles. The highest BCUT2D eigenvalue weighted by atomic mass is 79.9. The van der Waals surface area contributed by atoms with Crippen molar-refractivity contribution in [3.05, 3.63) is 22.6 Å². The molecule has 0 spiro atoms. The van der Waals surface area contributed by atoms with Crippen molar-refractivity contribution >= 4 is 15.9 Å². The van der Waals surface area contributed by atoms with Crippen molar-refractivity contribution < 1.29 is 4.42 Å². The first kappa shape index (κ1) is 13.1. The van der Waals surface area contributed by atoms with Crippen molar-refractivity contribution in [1.82, 2.24) is 4.90 Å². The fraction of sp³-hybridized carbons (Fsp3) is 0.692. The van der Waals surface area contributed by atoms with Gasteiger partial charge in [-0.15, -0.1) is 0 Å². The lowest BCUT2D eigenvalue weighted by Gasteiger charge is -2.33. The Morgan fingerprint density at radius 2 is 2.18 bits per heavy atom. The molecule has 0 bridgehead atoms. The molecule has 4 heteroatoms. The minimum absolute atomic E-state index is 0.196. The van der Waals surface area contributed by atoms with E-state index < -0.39 is 0 Å². The lowest BCUT2D eigenvalue weighted by molar-refractivity contribution is 0.132. The van der Waals surface area contributed by atoms with Gasteiger partial charge < -0.3 is 10.2 Å². The van der Waals surface area contributed by atoms with E-state index in [-0.39, 0.29) is 6.04 Å². The molecule has 1 aliphatic carbocycles. The van der Waals surface area contributed by atoms with Gasteiger partial charge in [-0.05, 0) is 60.7 Å². The average molecular weight is 301 g/mol. The van der Waals surface area contributed by atoms with Crippen LogP contribution < -0.4 is 5.73 Å². The topological polar surface area (TPSA) is 42.4 Å². The number of hydrogen-bond acceptors (Lipinski definition) is 3. The highest BCUT2D eigenvalue weighted by Gasteiger charge is 2.31. The first-order chi connectivity index (χ1) is 8.11. The predicted octanol–water partition coefficient (Wildman–Crippen LogP) is 3.16. The first-order valence-corrected chi connectivity index (χ1v) is 7.12. The smallest absolute Gasteiger partial charge is 0.169 e. The molecule has 96 valence electrons. The monoisotopic (exact) mass is 300 g/mol. The van der Waals surface area contributed by atoms with E-state index in [0.717, 1.165) is 22.9 Å². The Morgan fingerprint density at radius 3 is 2.59 bits per heavy atom. The minimum Gasteiger partial charge on any atom is -0.453 e. The number of halogens is 1. The van der Waals surface area contributed by atoms with Crippen molar-refractivity contribution in [3.63, 3.8) is 0 Å². The van der Waals surface area contributed by atoms with Gasteiger partial charge in [0.15, 0.2) is 4.67 Å². The fourth-order valence-electron chi connectivity index (χ4n) is 2.22. The van der Waals surface area contributed by atoms with Gasteiger partial charge in [0.2, 0.25) is 0 Å². The zero-order valence-electron chi connectivity index (χ0n) is 10.5. The van der Waals surface area contributed by atoms with Crippen LogP contribution in [0.2, 0.25) is 0 Å². The lowest BCUT2D eigenvalue weighted by Crippen LogP contribution is -2.39. The third-order valence-corrected chi connectivity index (χ3v) is 3.80. The Balaban J connectivity index is 2.12. The van der Waals surface area contributed by atoms with E-state index in [4.69, 9.17) is 10.2 Å². The van der Waals surface area contributed by atoms with Crippen LogP contribution in [0.5, 0.6) is 0 Å². The Morgan fingerprint density at radius 1 is 1.47 bits per heavy atom. The van der Waals surface area contributed by atoms with Gasteiger partial charge in [-0.2, -0.15) is 0 Å². The summed E-state index contributed by atoms with van der Waals surface area (Å²) in [7, 11) is 0. The van der Waals surface area contributed by atoms with E-state index >= 15 is 0 Å². The predicted molar refractivity (Wildman–Crippen MR) is 72.8 cm³/mol. The number of furan rings is 1. The van der Waals surface area contributed by atoms with Crippen molar-refractivity contribution in [1.29, 1.82) is 0 Å². The van der Waals surface area contributed by atoms with E-state index in [1.807, 2.05) is 12.1 Å². The molecular formula is C13H21BrN2O. The van der Waals surface area contributed by atoms with Crippen LogP contribution in [0.3, 0.4) is 0 Å². The molecule has 1 atom stereocenters. The first-order valence-electron chi connectivity index (χ1n) is 6.33. The largest absolute Gasteiger partial charge is 0.453 e. The molecule has 0 amide bonds. The maximum atomic E-state index is 5.93. The summed E-state index contributed by atoms with van der Waals surface area (Å²) < 4.78 is 6.44. The molecule has 0 aliphatic heterocycles. The van der Waals surface area contributed by atoms with Crippen molar-refractivity contribution in [2.45, 2.75) is 38.8 Å². The second kappa shape index (κ2) is 5.55.